The summed E-state index contributed by atoms with van der Waals surface area (Å²) in [5.74, 6) is 0.394. The molecule has 0 radical (unpaired) electrons. The van der Waals surface area contributed by atoms with Gasteiger partial charge in [0.1, 0.15) is 5.69 Å². The van der Waals surface area contributed by atoms with Crippen LogP contribution in [-0.2, 0) is 12.8 Å². The molecule has 1 aromatic carbocycles. The van der Waals surface area contributed by atoms with Crippen LogP contribution < -0.4 is 5.32 Å². The molecule has 0 saturated carbocycles. The van der Waals surface area contributed by atoms with Gasteiger partial charge in [-0.25, -0.2) is 0 Å². The Balaban J connectivity index is 1.91. The molecule has 4 nitrogen and oxygen atoms in total. The van der Waals surface area contributed by atoms with E-state index in [2.05, 4.69) is 41.5 Å². The first-order chi connectivity index (χ1) is 9.66. The van der Waals surface area contributed by atoms with Crippen LogP contribution in [0.2, 0.25) is 0 Å². The zero-order valence-electron chi connectivity index (χ0n) is 11.9. The fourth-order valence-corrected chi connectivity index (χ4v) is 2.63. The molecule has 1 aliphatic carbocycles. The Hall–Kier alpha value is -2.10. The van der Waals surface area contributed by atoms with Gasteiger partial charge in [0.05, 0.1) is 5.69 Å². The SMILES string of the molecule is CC(C)CNC(=O)c1[nH]nc2c1CCc1ccccc1-2. The molecule has 104 valence electrons. The monoisotopic (exact) mass is 269 g/mol. The highest BCUT2D eigenvalue weighted by atomic mass is 16.1. The lowest BCUT2D eigenvalue weighted by Crippen LogP contribution is -2.28. The molecular formula is C16H19N3O. The quantitative estimate of drug-likeness (QED) is 0.899. The molecule has 0 saturated heterocycles. The molecule has 0 spiro atoms. The van der Waals surface area contributed by atoms with Gasteiger partial charge in [-0.2, -0.15) is 5.10 Å². The van der Waals surface area contributed by atoms with E-state index < -0.39 is 0 Å². The summed E-state index contributed by atoms with van der Waals surface area (Å²) in [5.41, 5.74) is 5.05. The molecular weight excluding hydrogens is 250 g/mol. The Morgan fingerprint density at radius 2 is 2.15 bits per heavy atom. The van der Waals surface area contributed by atoms with E-state index >= 15 is 0 Å². The maximum absolute atomic E-state index is 12.2. The van der Waals surface area contributed by atoms with Crippen molar-refractivity contribution in [2.75, 3.05) is 6.54 Å². The van der Waals surface area contributed by atoms with Crippen LogP contribution in [0.25, 0.3) is 11.3 Å². The summed E-state index contributed by atoms with van der Waals surface area (Å²) in [4.78, 5) is 12.2. The Bertz CT molecular complexity index is 643. The minimum absolute atomic E-state index is 0.0492. The van der Waals surface area contributed by atoms with Gasteiger partial charge in [0.25, 0.3) is 5.91 Å². The number of nitrogens with zero attached hydrogens (tertiary/aromatic N) is 1. The van der Waals surface area contributed by atoms with Crippen molar-refractivity contribution in [3.05, 3.63) is 41.1 Å². The summed E-state index contributed by atoms with van der Waals surface area (Å²) >= 11 is 0. The molecule has 2 N–H and O–H groups in total. The van der Waals surface area contributed by atoms with Crippen molar-refractivity contribution in [1.29, 1.82) is 0 Å². The molecule has 0 unspecified atom stereocenters. The molecule has 1 aliphatic rings. The van der Waals surface area contributed by atoms with Crippen molar-refractivity contribution in [3.8, 4) is 11.3 Å². The zero-order valence-corrected chi connectivity index (χ0v) is 11.9. The summed E-state index contributed by atoms with van der Waals surface area (Å²) < 4.78 is 0. The number of benzene rings is 1. The van der Waals surface area contributed by atoms with Crippen molar-refractivity contribution in [3.63, 3.8) is 0 Å². The van der Waals surface area contributed by atoms with Crippen LogP contribution >= 0.6 is 0 Å². The molecule has 0 atom stereocenters. The third kappa shape index (κ3) is 2.22. The molecule has 1 heterocycles. The Morgan fingerprint density at radius 1 is 1.35 bits per heavy atom. The Morgan fingerprint density at radius 3 is 2.95 bits per heavy atom. The van der Waals surface area contributed by atoms with E-state index in [1.54, 1.807) is 0 Å². The first kappa shape index (κ1) is 12.9. The van der Waals surface area contributed by atoms with E-state index in [9.17, 15) is 4.79 Å². The number of nitrogens with one attached hydrogen (secondary N) is 2. The van der Waals surface area contributed by atoms with Crippen molar-refractivity contribution in [2.45, 2.75) is 26.7 Å². The largest absolute Gasteiger partial charge is 0.350 e. The molecule has 1 amide bonds. The van der Waals surface area contributed by atoms with Gasteiger partial charge in [-0.15, -0.1) is 0 Å². The molecule has 0 fully saturated rings. The number of H-pyrrole nitrogens is 1. The molecule has 4 heteroatoms. The number of rotatable bonds is 3. The lowest BCUT2D eigenvalue weighted by atomic mass is 9.89. The predicted molar refractivity (Wildman–Crippen MR) is 78.6 cm³/mol. The lowest BCUT2D eigenvalue weighted by Gasteiger charge is -2.15. The molecule has 2 aromatic rings. The van der Waals surface area contributed by atoms with Crippen LogP contribution in [0.5, 0.6) is 0 Å². The summed E-state index contributed by atoms with van der Waals surface area (Å²) in [6, 6.07) is 8.27. The summed E-state index contributed by atoms with van der Waals surface area (Å²) in [7, 11) is 0. The molecule has 1 aromatic heterocycles. The Labute approximate surface area is 118 Å². The Kier molecular flexibility index (Phi) is 3.30. The molecule has 0 bridgehead atoms. The van der Waals surface area contributed by atoms with Gasteiger partial charge in [0.2, 0.25) is 0 Å². The van der Waals surface area contributed by atoms with E-state index in [0.717, 1.165) is 29.7 Å². The smallest absolute Gasteiger partial charge is 0.269 e. The van der Waals surface area contributed by atoms with E-state index in [1.165, 1.54) is 5.56 Å². The average Bonchev–Trinajstić information content (AvgIpc) is 2.89. The van der Waals surface area contributed by atoms with Crippen LogP contribution in [0.15, 0.2) is 24.3 Å². The number of hydrogen-bond acceptors (Lipinski definition) is 2. The number of hydrogen-bond donors (Lipinski definition) is 2. The van der Waals surface area contributed by atoms with Crippen molar-refractivity contribution in [2.24, 2.45) is 5.92 Å². The van der Waals surface area contributed by atoms with E-state index in [-0.39, 0.29) is 5.91 Å². The fourth-order valence-electron chi connectivity index (χ4n) is 2.63. The van der Waals surface area contributed by atoms with Crippen molar-refractivity contribution >= 4 is 5.91 Å². The second-order valence-electron chi connectivity index (χ2n) is 5.69. The van der Waals surface area contributed by atoms with Gasteiger partial charge >= 0.3 is 0 Å². The highest BCUT2D eigenvalue weighted by Crippen LogP contribution is 2.33. The van der Waals surface area contributed by atoms with Gasteiger partial charge in [0.15, 0.2) is 0 Å². The number of aromatic nitrogens is 2. The van der Waals surface area contributed by atoms with Crippen LogP contribution in [0.3, 0.4) is 0 Å². The van der Waals surface area contributed by atoms with Gasteiger partial charge < -0.3 is 5.32 Å². The second-order valence-corrected chi connectivity index (χ2v) is 5.69. The van der Waals surface area contributed by atoms with Crippen molar-refractivity contribution in [1.82, 2.24) is 15.5 Å². The van der Waals surface area contributed by atoms with Gasteiger partial charge in [0, 0.05) is 17.7 Å². The third-order valence-corrected chi connectivity index (χ3v) is 3.68. The number of fused-ring (bicyclic) bond motifs is 3. The van der Waals surface area contributed by atoms with Gasteiger partial charge in [-0.3, -0.25) is 9.89 Å². The summed E-state index contributed by atoms with van der Waals surface area (Å²) in [6.07, 6.45) is 1.83. The number of amides is 1. The minimum atomic E-state index is -0.0492. The van der Waals surface area contributed by atoms with E-state index in [1.807, 2.05) is 12.1 Å². The highest BCUT2D eigenvalue weighted by molar-refractivity contribution is 5.96. The third-order valence-electron chi connectivity index (χ3n) is 3.68. The van der Waals surface area contributed by atoms with Gasteiger partial charge in [-0.05, 0) is 24.3 Å². The van der Waals surface area contributed by atoms with Gasteiger partial charge in [-0.1, -0.05) is 38.1 Å². The second kappa shape index (κ2) is 5.12. The van der Waals surface area contributed by atoms with Crippen LogP contribution in [0.1, 0.15) is 35.5 Å². The number of carbonyl (C=O) groups is 1. The number of aromatic amines is 1. The first-order valence-corrected chi connectivity index (χ1v) is 7.10. The first-order valence-electron chi connectivity index (χ1n) is 7.10. The van der Waals surface area contributed by atoms with Crippen LogP contribution in [0, 0.1) is 5.92 Å². The van der Waals surface area contributed by atoms with E-state index in [0.29, 0.717) is 18.2 Å². The van der Waals surface area contributed by atoms with Crippen molar-refractivity contribution < 1.29 is 4.79 Å². The summed E-state index contributed by atoms with van der Waals surface area (Å²) in [5, 5.41) is 10.2. The maximum atomic E-state index is 12.2. The van der Waals surface area contributed by atoms with Crippen LogP contribution in [0.4, 0.5) is 0 Å². The molecule has 0 aliphatic heterocycles. The zero-order chi connectivity index (χ0) is 14.1. The normalized spacial score (nSPS) is 12.9. The lowest BCUT2D eigenvalue weighted by molar-refractivity contribution is 0.0943. The molecule has 3 rings (SSSR count). The predicted octanol–water partition coefficient (Wildman–Crippen LogP) is 2.56. The standard InChI is InChI=1S/C16H19N3O/c1-10(2)9-17-16(20)15-13-8-7-11-5-3-4-6-12(11)14(13)18-19-15/h3-6,10H,7-9H2,1-2H3,(H,17,20)(H,18,19). The fraction of sp³-hybridized carbons (Fsp3) is 0.375. The molecule has 20 heavy (non-hydrogen) atoms. The van der Waals surface area contributed by atoms with Crippen LogP contribution in [-0.4, -0.2) is 22.6 Å². The average molecular weight is 269 g/mol. The number of carbonyl (C=O) groups excluding carboxylic acids is 1. The minimum Gasteiger partial charge on any atom is -0.350 e. The highest BCUT2D eigenvalue weighted by Gasteiger charge is 2.24. The maximum Gasteiger partial charge on any atom is 0.269 e. The number of aryl methyl sites for hydroxylation is 1. The van der Waals surface area contributed by atoms with E-state index in [4.69, 9.17) is 0 Å². The summed E-state index contributed by atoms with van der Waals surface area (Å²) in [6.45, 7) is 4.85. The topological polar surface area (TPSA) is 57.8 Å².